The number of likely N-dealkylation sites (tertiary alicyclic amines) is 1. The highest BCUT2D eigenvalue weighted by atomic mass is 32.1. The highest BCUT2D eigenvalue weighted by Crippen LogP contribution is 2.36. The molecular weight excluding hydrogens is 416 g/mol. The van der Waals surface area contributed by atoms with E-state index in [0.717, 1.165) is 42.3 Å². The summed E-state index contributed by atoms with van der Waals surface area (Å²) in [7, 11) is 0. The van der Waals surface area contributed by atoms with Crippen LogP contribution in [-0.4, -0.2) is 57.0 Å². The molecule has 0 aromatic carbocycles. The average Bonchev–Trinajstić information content (AvgIpc) is 3.46. The fourth-order valence-electron chi connectivity index (χ4n) is 4.83. The predicted octanol–water partition coefficient (Wildman–Crippen LogP) is 2.69. The lowest BCUT2D eigenvalue weighted by atomic mass is 9.75. The molecule has 3 amide bonds. The second-order valence-corrected chi connectivity index (χ2v) is 9.34. The van der Waals surface area contributed by atoms with Crippen molar-refractivity contribution < 1.29 is 19.1 Å². The first-order valence-corrected chi connectivity index (χ1v) is 11.8. The summed E-state index contributed by atoms with van der Waals surface area (Å²) in [5.41, 5.74) is 1.96. The van der Waals surface area contributed by atoms with Crippen molar-refractivity contribution in [3.8, 4) is 0 Å². The van der Waals surface area contributed by atoms with Gasteiger partial charge < -0.3 is 14.8 Å². The Morgan fingerprint density at radius 1 is 1.29 bits per heavy atom. The molecule has 2 aliphatic heterocycles. The molecule has 4 rings (SSSR count). The lowest BCUT2D eigenvalue weighted by molar-refractivity contribution is -0.134. The smallest absolute Gasteiger partial charge is 0.325 e. The number of rotatable bonds is 8. The number of furan rings is 1. The number of carbonyl (C=O) groups is 2. The Morgan fingerprint density at radius 3 is 2.65 bits per heavy atom. The number of thiazole rings is 1. The van der Waals surface area contributed by atoms with Gasteiger partial charge in [0.15, 0.2) is 0 Å². The number of aromatic nitrogens is 1. The quantitative estimate of drug-likeness (QED) is 0.605. The third-order valence-corrected chi connectivity index (χ3v) is 7.70. The first-order valence-electron chi connectivity index (χ1n) is 10.9. The largest absolute Gasteiger partial charge is 0.462 e. The van der Waals surface area contributed by atoms with Crippen molar-refractivity contribution in [2.45, 2.75) is 58.2 Å². The van der Waals surface area contributed by atoms with E-state index in [1.54, 1.807) is 22.9 Å². The minimum absolute atomic E-state index is 0.0840. The van der Waals surface area contributed by atoms with Gasteiger partial charge in [-0.2, -0.15) is 0 Å². The summed E-state index contributed by atoms with van der Waals surface area (Å²) in [6.45, 7) is 6.60. The summed E-state index contributed by atoms with van der Waals surface area (Å²) < 4.78 is 5.60. The number of aryl methyl sites for hydroxylation is 1. The highest BCUT2D eigenvalue weighted by Gasteiger charge is 2.54. The van der Waals surface area contributed by atoms with Crippen molar-refractivity contribution >= 4 is 23.3 Å². The van der Waals surface area contributed by atoms with Gasteiger partial charge in [-0.05, 0) is 57.3 Å². The SMILES string of the molecule is CCC1(C2CCN(Cc3ccc(CO)o3)CC2)NC(=O)N(CCc2scnc2C)C1=O. The van der Waals surface area contributed by atoms with Gasteiger partial charge in [0.05, 0.1) is 17.7 Å². The van der Waals surface area contributed by atoms with E-state index >= 15 is 0 Å². The molecule has 2 N–H and O–H groups in total. The molecule has 2 aromatic heterocycles. The van der Waals surface area contributed by atoms with Crippen LogP contribution >= 0.6 is 11.3 Å². The predicted molar refractivity (Wildman–Crippen MR) is 116 cm³/mol. The number of piperidine rings is 1. The minimum atomic E-state index is -0.805. The molecule has 1 atom stereocenters. The van der Waals surface area contributed by atoms with Crippen LogP contribution in [0.25, 0.3) is 0 Å². The normalized spacial score (nSPS) is 23.0. The van der Waals surface area contributed by atoms with Gasteiger partial charge >= 0.3 is 6.03 Å². The number of imide groups is 1. The molecule has 168 valence electrons. The molecule has 2 saturated heterocycles. The van der Waals surface area contributed by atoms with Gasteiger partial charge in [-0.15, -0.1) is 11.3 Å². The molecule has 0 aliphatic carbocycles. The zero-order valence-corrected chi connectivity index (χ0v) is 18.9. The van der Waals surface area contributed by atoms with E-state index in [4.69, 9.17) is 9.52 Å². The number of aliphatic hydroxyl groups is 1. The minimum Gasteiger partial charge on any atom is -0.462 e. The third-order valence-electron chi connectivity index (χ3n) is 6.70. The van der Waals surface area contributed by atoms with Crippen molar-refractivity contribution in [1.82, 2.24) is 20.1 Å². The number of hydrogen-bond acceptors (Lipinski definition) is 7. The first-order chi connectivity index (χ1) is 15.0. The Morgan fingerprint density at radius 2 is 2.03 bits per heavy atom. The Bertz CT molecular complexity index is 934. The van der Waals surface area contributed by atoms with Crippen molar-refractivity contribution in [3.05, 3.63) is 39.7 Å². The van der Waals surface area contributed by atoms with E-state index in [2.05, 4.69) is 15.2 Å². The number of amides is 3. The van der Waals surface area contributed by atoms with Gasteiger partial charge in [-0.3, -0.25) is 14.6 Å². The summed E-state index contributed by atoms with van der Waals surface area (Å²) in [4.78, 5) is 35.2. The Hall–Kier alpha value is -2.23. The number of nitrogens with one attached hydrogen (secondary N) is 1. The number of hydrogen-bond donors (Lipinski definition) is 2. The van der Waals surface area contributed by atoms with Crippen LogP contribution in [0.5, 0.6) is 0 Å². The lowest BCUT2D eigenvalue weighted by Crippen LogP contribution is -2.55. The van der Waals surface area contributed by atoms with Crippen LogP contribution in [0.1, 0.15) is 48.3 Å². The topological polar surface area (TPSA) is 98.9 Å². The molecule has 0 bridgehead atoms. The Labute approximate surface area is 186 Å². The van der Waals surface area contributed by atoms with Gasteiger partial charge in [0.25, 0.3) is 5.91 Å². The number of carbonyl (C=O) groups excluding carboxylic acids is 2. The Kier molecular flexibility index (Phi) is 6.45. The van der Waals surface area contributed by atoms with Crippen LogP contribution in [0.4, 0.5) is 4.79 Å². The molecule has 1 unspecified atom stereocenters. The van der Waals surface area contributed by atoms with E-state index in [9.17, 15) is 9.59 Å². The van der Waals surface area contributed by atoms with Crippen LogP contribution in [-0.2, 0) is 24.4 Å². The van der Waals surface area contributed by atoms with Gasteiger partial charge in [0.1, 0.15) is 23.7 Å². The summed E-state index contributed by atoms with van der Waals surface area (Å²) >= 11 is 1.56. The zero-order chi connectivity index (χ0) is 22.0. The number of urea groups is 1. The van der Waals surface area contributed by atoms with Crippen molar-refractivity contribution in [2.24, 2.45) is 5.92 Å². The van der Waals surface area contributed by atoms with Crippen molar-refractivity contribution in [1.29, 1.82) is 0 Å². The monoisotopic (exact) mass is 446 g/mol. The third kappa shape index (κ3) is 4.26. The molecule has 0 saturated carbocycles. The average molecular weight is 447 g/mol. The van der Waals surface area contributed by atoms with E-state index < -0.39 is 5.54 Å². The maximum Gasteiger partial charge on any atom is 0.325 e. The van der Waals surface area contributed by atoms with Crippen LogP contribution in [0.15, 0.2) is 22.1 Å². The molecule has 2 aliphatic rings. The molecule has 0 radical (unpaired) electrons. The molecular formula is C22H30N4O4S. The molecule has 2 fully saturated rings. The van der Waals surface area contributed by atoms with Crippen LogP contribution in [0.2, 0.25) is 0 Å². The second kappa shape index (κ2) is 9.10. The molecule has 2 aromatic rings. The van der Waals surface area contributed by atoms with E-state index in [1.807, 2.05) is 19.9 Å². The van der Waals surface area contributed by atoms with Crippen LogP contribution < -0.4 is 5.32 Å². The van der Waals surface area contributed by atoms with Crippen molar-refractivity contribution in [2.75, 3.05) is 19.6 Å². The maximum absolute atomic E-state index is 13.4. The van der Waals surface area contributed by atoms with Crippen LogP contribution in [0.3, 0.4) is 0 Å². The molecule has 9 heteroatoms. The zero-order valence-electron chi connectivity index (χ0n) is 18.1. The van der Waals surface area contributed by atoms with Gasteiger partial charge in [0, 0.05) is 17.8 Å². The maximum atomic E-state index is 13.4. The van der Waals surface area contributed by atoms with Gasteiger partial charge in [0.2, 0.25) is 0 Å². The van der Waals surface area contributed by atoms with Gasteiger partial charge in [-0.1, -0.05) is 6.92 Å². The highest BCUT2D eigenvalue weighted by molar-refractivity contribution is 7.09. The van der Waals surface area contributed by atoms with E-state index in [-0.39, 0.29) is 24.5 Å². The standard InChI is InChI=1S/C22H30N4O4S/c1-3-22(16-6-9-25(10-7-16)12-17-4-5-18(13-27)30-17)20(28)26(21(29)24-22)11-8-19-15(2)23-14-31-19/h4-5,14,16,27H,3,6-13H2,1-2H3,(H,24,29). The first kappa shape index (κ1) is 22.0. The van der Waals surface area contributed by atoms with Crippen LogP contribution in [0, 0.1) is 12.8 Å². The molecule has 8 nitrogen and oxygen atoms in total. The van der Waals surface area contributed by atoms with E-state index in [1.165, 1.54) is 4.90 Å². The second-order valence-electron chi connectivity index (χ2n) is 8.40. The van der Waals surface area contributed by atoms with Gasteiger partial charge in [-0.25, -0.2) is 9.78 Å². The molecule has 4 heterocycles. The fourth-order valence-corrected chi connectivity index (χ4v) is 5.60. The summed E-state index contributed by atoms with van der Waals surface area (Å²) in [5.74, 6) is 1.44. The van der Waals surface area contributed by atoms with E-state index in [0.29, 0.717) is 31.7 Å². The Balaban J connectivity index is 1.37. The molecule has 31 heavy (non-hydrogen) atoms. The summed E-state index contributed by atoms with van der Waals surface area (Å²) in [6, 6.07) is 3.42. The lowest BCUT2D eigenvalue weighted by Gasteiger charge is -2.40. The van der Waals surface area contributed by atoms with Crippen molar-refractivity contribution in [3.63, 3.8) is 0 Å². The fraction of sp³-hybridized carbons (Fsp3) is 0.591. The number of nitrogens with zero attached hydrogens (tertiary/aromatic N) is 3. The number of aliphatic hydroxyl groups excluding tert-OH is 1. The summed E-state index contributed by atoms with van der Waals surface area (Å²) in [6.07, 6.45) is 2.92. The summed E-state index contributed by atoms with van der Waals surface area (Å²) in [5, 5.41) is 12.2. The molecule has 0 spiro atoms.